The third kappa shape index (κ3) is 4.17. The van der Waals surface area contributed by atoms with Crippen molar-refractivity contribution in [3.63, 3.8) is 0 Å². The first-order valence-electron chi connectivity index (χ1n) is 9.12. The van der Waals surface area contributed by atoms with Crippen LogP contribution in [0, 0.1) is 0 Å². The molecule has 0 aromatic carbocycles. The molecule has 3 rings (SSSR count). The van der Waals surface area contributed by atoms with Crippen LogP contribution in [0.25, 0.3) is 0 Å². The van der Waals surface area contributed by atoms with Gasteiger partial charge in [-0.05, 0) is 50.4 Å². The summed E-state index contributed by atoms with van der Waals surface area (Å²) < 4.78 is 6.60. The smallest absolute Gasteiger partial charge is 0.341 e. The number of primary amides is 1. The van der Waals surface area contributed by atoms with Gasteiger partial charge in [-0.3, -0.25) is 9.48 Å². The summed E-state index contributed by atoms with van der Waals surface area (Å²) in [5, 5.41) is 11.1. The maximum atomic E-state index is 12.4. The third-order valence-corrected chi connectivity index (χ3v) is 6.02. The van der Waals surface area contributed by atoms with Crippen molar-refractivity contribution in [1.29, 1.82) is 0 Å². The van der Waals surface area contributed by atoms with Crippen LogP contribution in [0.3, 0.4) is 0 Å². The molecule has 1 aliphatic rings. The molecule has 2 heterocycles. The van der Waals surface area contributed by atoms with E-state index < -0.39 is 5.91 Å². The van der Waals surface area contributed by atoms with Crippen LogP contribution in [-0.2, 0) is 24.1 Å². The highest BCUT2D eigenvalue weighted by atomic mass is 32.1. The Hall–Kier alpha value is -2.46. The number of hydrogen-bond donors (Lipinski definition) is 3. The lowest BCUT2D eigenvalue weighted by Crippen LogP contribution is -2.22. The second-order valence-corrected chi connectivity index (χ2v) is 7.96. The summed E-state index contributed by atoms with van der Waals surface area (Å²) in [6.07, 6.45) is 6.78. The lowest BCUT2D eigenvalue weighted by atomic mass is 10.1. The summed E-state index contributed by atoms with van der Waals surface area (Å²) in [5.41, 5.74) is 7.53. The second-order valence-electron chi connectivity index (χ2n) is 6.45. The van der Waals surface area contributed by atoms with Crippen LogP contribution in [-0.4, -0.2) is 33.9 Å². The molecule has 2 aromatic heterocycles. The Labute approximate surface area is 172 Å². The molecule has 0 aliphatic heterocycles. The molecule has 0 spiro atoms. The number of nitrogens with two attached hydrogens (primary N) is 1. The molecule has 28 heavy (non-hydrogen) atoms. The van der Waals surface area contributed by atoms with E-state index in [2.05, 4.69) is 15.7 Å². The van der Waals surface area contributed by atoms with E-state index in [4.69, 9.17) is 22.7 Å². The maximum Gasteiger partial charge on any atom is 0.341 e. The van der Waals surface area contributed by atoms with Crippen molar-refractivity contribution in [3.8, 4) is 0 Å². The summed E-state index contributed by atoms with van der Waals surface area (Å²) in [7, 11) is 1.38. The quantitative estimate of drug-likeness (QED) is 0.387. The number of thiocarbonyl (C=S) groups is 1. The van der Waals surface area contributed by atoms with Crippen molar-refractivity contribution in [2.45, 2.75) is 45.6 Å². The van der Waals surface area contributed by atoms with Gasteiger partial charge in [-0.25, -0.2) is 4.79 Å². The molecule has 0 saturated carbocycles. The fraction of sp³-hybridized carbons (Fsp3) is 0.444. The standard InChI is InChI=1S/C18H23N5O3S2/c1-3-23-9-11(14(22-23)15(19)24)20-18(27)21-16-13(17(25)26-2)10-7-5-4-6-8-12(10)28-16/h9H,3-8H2,1-2H3,(H2,19,24)(H2,20,21,27). The van der Waals surface area contributed by atoms with Gasteiger partial charge in [0, 0.05) is 17.6 Å². The Bertz CT molecular complexity index is 919. The molecule has 0 unspecified atom stereocenters. The number of methoxy groups -OCH3 is 1. The molecule has 1 aliphatic carbocycles. The number of nitrogens with one attached hydrogen (secondary N) is 2. The van der Waals surface area contributed by atoms with Gasteiger partial charge in [-0.2, -0.15) is 5.10 Å². The van der Waals surface area contributed by atoms with Crippen molar-refractivity contribution in [1.82, 2.24) is 9.78 Å². The predicted octanol–water partition coefficient (Wildman–Crippen LogP) is 2.93. The number of aryl methyl sites for hydroxylation is 2. The molecular weight excluding hydrogens is 398 g/mol. The number of nitrogens with zero attached hydrogens (tertiary/aromatic N) is 2. The van der Waals surface area contributed by atoms with E-state index in [0.717, 1.165) is 37.7 Å². The number of ether oxygens (including phenoxy) is 1. The summed E-state index contributed by atoms with van der Waals surface area (Å²) in [5.74, 6) is -1.02. The Morgan fingerprint density at radius 3 is 2.75 bits per heavy atom. The Morgan fingerprint density at radius 1 is 1.32 bits per heavy atom. The van der Waals surface area contributed by atoms with E-state index in [0.29, 0.717) is 22.8 Å². The average molecular weight is 422 g/mol. The third-order valence-electron chi connectivity index (χ3n) is 4.61. The minimum Gasteiger partial charge on any atom is -0.465 e. The normalized spacial score (nSPS) is 13.4. The minimum atomic E-state index is -0.643. The number of rotatable bonds is 5. The molecule has 8 nitrogen and oxygen atoms in total. The van der Waals surface area contributed by atoms with Crippen LogP contribution < -0.4 is 16.4 Å². The maximum absolute atomic E-state index is 12.4. The molecular formula is C18H23N5O3S2. The van der Waals surface area contributed by atoms with E-state index in [-0.39, 0.29) is 16.8 Å². The number of esters is 1. The van der Waals surface area contributed by atoms with Gasteiger partial charge in [0.2, 0.25) is 0 Å². The fourth-order valence-corrected chi connectivity index (χ4v) is 4.82. The summed E-state index contributed by atoms with van der Waals surface area (Å²) in [6, 6.07) is 0. The largest absolute Gasteiger partial charge is 0.465 e. The summed E-state index contributed by atoms with van der Waals surface area (Å²) >= 11 is 6.93. The highest BCUT2D eigenvalue weighted by Gasteiger charge is 2.26. The van der Waals surface area contributed by atoms with Crippen molar-refractivity contribution >= 4 is 51.2 Å². The van der Waals surface area contributed by atoms with Gasteiger partial charge in [-0.1, -0.05) is 6.42 Å². The van der Waals surface area contributed by atoms with Crippen LogP contribution in [0.4, 0.5) is 10.7 Å². The van der Waals surface area contributed by atoms with Gasteiger partial charge in [-0.15, -0.1) is 11.3 Å². The molecule has 0 saturated heterocycles. The van der Waals surface area contributed by atoms with Crippen molar-refractivity contribution in [2.24, 2.45) is 5.73 Å². The van der Waals surface area contributed by atoms with Crippen molar-refractivity contribution in [3.05, 3.63) is 27.9 Å². The molecule has 10 heteroatoms. The topological polar surface area (TPSA) is 111 Å². The predicted molar refractivity (Wildman–Crippen MR) is 113 cm³/mol. The van der Waals surface area contributed by atoms with E-state index >= 15 is 0 Å². The lowest BCUT2D eigenvalue weighted by molar-refractivity contribution is 0.0601. The lowest BCUT2D eigenvalue weighted by Gasteiger charge is -2.10. The van der Waals surface area contributed by atoms with Crippen LogP contribution in [0.15, 0.2) is 6.20 Å². The van der Waals surface area contributed by atoms with Crippen LogP contribution in [0.5, 0.6) is 0 Å². The zero-order valence-corrected chi connectivity index (χ0v) is 17.5. The van der Waals surface area contributed by atoms with Gasteiger partial charge >= 0.3 is 5.97 Å². The molecule has 150 valence electrons. The Balaban J connectivity index is 1.86. The molecule has 0 fully saturated rings. The number of hydrogen-bond acceptors (Lipinski definition) is 6. The number of aromatic nitrogens is 2. The van der Waals surface area contributed by atoms with Crippen LogP contribution in [0.2, 0.25) is 0 Å². The van der Waals surface area contributed by atoms with Gasteiger partial charge in [0.15, 0.2) is 10.8 Å². The van der Waals surface area contributed by atoms with E-state index in [9.17, 15) is 9.59 Å². The molecule has 1 amide bonds. The number of amides is 1. The number of carbonyl (C=O) groups excluding carboxylic acids is 2. The number of thiophene rings is 1. The van der Waals surface area contributed by atoms with Gasteiger partial charge in [0.1, 0.15) is 5.00 Å². The number of anilines is 2. The Morgan fingerprint density at radius 2 is 2.07 bits per heavy atom. The van der Waals surface area contributed by atoms with E-state index in [1.54, 1.807) is 10.9 Å². The highest BCUT2D eigenvalue weighted by Crippen LogP contribution is 2.38. The first-order valence-corrected chi connectivity index (χ1v) is 10.3. The van der Waals surface area contributed by atoms with Crippen LogP contribution in [0.1, 0.15) is 57.5 Å². The SMILES string of the molecule is CCn1cc(NC(=S)Nc2sc3c(c2C(=O)OC)CCCCC3)c(C(N)=O)n1. The second kappa shape index (κ2) is 8.70. The van der Waals surface area contributed by atoms with Gasteiger partial charge in [0.25, 0.3) is 5.91 Å². The average Bonchev–Trinajstić information content (AvgIpc) is 3.14. The molecule has 0 radical (unpaired) electrons. The zero-order chi connectivity index (χ0) is 20.3. The molecule has 0 bridgehead atoms. The van der Waals surface area contributed by atoms with Gasteiger partial charge < -0.3 is 21.1 Å². The summed E-state index contributed by atoms with van der Waals surface area (Å²) in [6.45, 7) is 2.49. The zero-order valence-electron chi connectivity index (χ0n) is 15.8. The first-order chi connectivity index (χ1) is 13.4. The molecule has 4 N–H and O–H groups in total. The van der Waals surface area contributed by atoms with Crippen molar-refractivity contribution in [2.75, 3.05) is 17.7 Å². The van der Waals surface area contributed by atoms with Crippen LogP contribution >= 0.6 is 23.6 Å². The summed E-state index contributed by atoms with van der Waals surface area (Å²) in [4.78, 5) is 25.2. The Kier molecular flexibility index (Phi) is 6.30. The monoisotopic (exact) mass is 421 g/mol. The molecule has 2 aromatic rings. The highest BCUT2D eigenvalue weighted by molar-refractivity contribution is 7.80. The number of fused-ring (bicyclic) bond motifs is 1. The van der Waals surface area contributed by atoms with Gasteiger partial charge in [0.05, 0.1) is 18.4 Å². The fourth-order valence-electron chi connectivity index (χ4n) is 3.26. The minimum absolute atomic E-state index is 0.112. The van der Waals surface area contributed by atoms with E-state index in [1.165, 1.54) is 23.3 Å². The number of carbonyl (C=O) groups is 2. The molecule has 0 atom stereocenters. The van der Waals surface area contributed by atoms with E-state index in [1.807, 2.05) is 6.92 Å². The first kappa shape index (κ1) is 20.3. The van der Waals surface area contributed by atoms with Crippen molar-refractivity contribution < 1.29 is 14.3 Å².